The van der Waals surface area contributed by atoms with Gasteiger partial charge in [0.1, 0.15) is 11.3 Å². The number of hydrogen-bond donors (Lipinski definition) is 1. The number of rotatable bonds is 9. The number of carbonyl (C=O) groups excluding carboxylic acids is 1. The number of alkyl halides is 3. The molecular formula is C55H47EuF3O6P2. The molecule has 7 aromatic carbocycles. The summed E-state index contributed by atoms with van der Waals surface area (Å²) in [6.07, 6.45) is -1.72. The van der Waals surface area contributed by atoms with Gasteiger partial charge in [0, 0.05) is 81.2 Å². The molecule has 341 valence electrons. The third-order valence-corrected chi connectivity index (χ3v) is 17.1. The van der Waals surface area contributed by atoms with Crippen LogP contribution in [0.1, 0.15) is 34.0 Å². The predicted octanol–water partition coefficient (Wildman–Crippen LogP) is 12.3. The van der Waals surface area contributed by atoms with Gasteiger partial charge in [-0.2, -0.15) is 13.2 Å². The van der Waals surface area contributed by atoms with Gasteiger partial charge >= 0.3 is 11.8 Å². The predicted molar refractivity (Wildman–Crippen MR) is 264 cm³/mol. The number of Topliss-reactive ketones (excluding diaryl/α,β-unsaturated/α-hetero) is 1. The van der Waals surface area contributed by atoms with Gasteiger partial charge in [-0.25, -0.2) is 4.79 Å². The fourth-order valence-electron chi connectivity index (χ4n) is 7.83. The zero-order valence-electron chi connectivity index (χ0n) is 37.1. The minimum atomic E-state index is -5.30. The van der Waals surface area contributed by atoms with Crippen LogP contribution in [0, 0.1) is 70.1 Å². The Balaban J connectivity index is 0.000000190. The molecule has 0 unspecified atom stereocenters. The van der Waals surface area contributed by atoms with Gasteiger partial charge in [-0.3, -0.25) is 4.79 Å². The molecule has 1 N–H and O–H groups in total. The summed E-state index contributed by atoms with van der Waals surface area (Å²) in [7, 11) is -5.57. The maximum absolute atomic E-state index is 13.8. The van der Waals surface area contributed by atoms with E-state index >= 15 is 0 Å². The number of fused-ring (bicyclic) bond motifs is 1. The summed E-state index contributed by atoms with van der Waals surface area (Å²) in [5.74, 6) is -3.47. The maximum atomic E-state index is 13.8. The first-order chi connectivity index (χ1) is 31.5. The van der Waals surface area contributed by atoms with Gasteiger partial charge in [-0.1, -0.05) is 194 Å². The van der Waals surface area contributed by atoms with Crippen LogP contribution in [0.2, 0.25) is 0 Å². The SMILES string of the molecule is C=C/C(=C\C)P(=O)(c1ccccc1)c1ccccc1.Cc1cc(C)c(-c2ccc3c(O)c(C(=O)C(F)(F)F)c(=O)oc3c2)c(C)c1.O=P(c1ccccc1)(c1ccccc1)c1ccccc1.[Eu]. The Labute approximate surface area is 429 Å². The Morgan fingerprint density at radius 2 is 1.01 bits per heavy atom. The average Bonchev–Trinajstić information content (AvgIpc) is 3.32. The molecule has 0 saturated heterocycles. The van der Waals surface area contributed by atoms with E-state index in [9.17, 15) is 37.0 Å². The van der Waals surface area contributed by atoms with Crippen LogP contribution in [0.15, 0.2) is 215 Å². The first kappa shape index (κ1) is 52.5. The molecular weight excluding hydrogens is 1030 g/mol. The van der Waals surface area contributed by atoms with Gasteiger partial charge in [0.2, 0.25) is 0 Å². The standard InChI is InChI=1S/C20H15F3O4.C18H15OP.C17H17OP.Eu/c1-9-6-10(2)15(11(3)7-9)12-4-5-13-14(8-12)27-19(26)16(17(13)24)18(25)20(21,22)23;19-20(16-10-4-1-5-11-16,17-12-6-2-7-13-17)18-14-8-3-9-15-18;1-3-15(4-2)19(18,16-11-7-5-8-12-16)17-13-9-6-10-14-17;/h4-8,24H,1-3H3;1-15H;3-14H,1H2,2H3;/b;;15-4+;. The van der Waals surface area contributed by atoms with Crippen molar-refractivity contribution in [2.75, 3.05) is 0 Å². The molecule has 6 nitrogen and oxygen atoms in total. The van der Waals surface area contributed by atoms with Crippen LogP contribution in [-0.4, -0.2) is 17.1 Å². The normalized spacial score (nSPS) is 11.5. The molecule has 0 saturated carbocycles. The monoisotopic (exact) mass is 1080 g/mol. The van der Waals surface area contributed by atoms with Crippen LogP contribution in [0.4, 0.5) is 13.2 Å². The van der Waals surface area contributed by atoms with Gasteiger partial charge in [-0.05, 0) is 62.1 Å². The van der Waals surface area contributed by atoms with Crippen LogP contribution in [0.25, 0.3) is 22.1 Å². The van der Waals surface area contributed by atoms with Crippen LogP contribution in [0.5, 0.6) is 5.75 Å². The number of halogens is 3. The van der Waals surface area contributed by atoms with Gasteiger partial charge in [-0.15, -0.1) is 0 Å². The van der Waals surface area contributed by atoms with Crippen molar-refractivity contribution in [1.29, 1.82) is 0 Å². The molecule has 1 heterocycles. The molecule has 0 atom stereocenters. The molecule has 0 aliphatic heterocycles. The van der Waals surface area contributed by atoms with E-state index in [-0.39, 0.29) is 60.3 Å². The summed E-state index contributed by atoms with van der Waals surface area (Å²) in [5.41, 5.74) is 1.55. The maximum Gasteiger partial charge on any atom is 0.455 e. The number of aryl methyl sites for hydroxylation is 3. The van der Waals surface area contributed by atoms with Crippen LogP contribution >= 0.6 is 14.3 Å². The summed E-state index contributed by atoms with van der Waals surface area (Å²) < 4.78 is 70.4. The summed E-state index contributed by atoms with van der Waals surface area (Å²) in [4.78, 5) is 23.3. The van der Waals surface area contributed by atoms with Crippen LogP contribution in [0.3, 0.4) is 0 Å². The molecule has 0 aliphatic carbocycles. The van der Waals surface area contributed by atoms with Gasteiger partial charge in [0.15, 0.2) is 19.8 Å². The van der Waals surface area contributed by atoms with Crippen molar-refractivity contribution >= 4 is 57.6 Å². The molecule has 0 fully saturated rings. The topological polar surface area (TPSA) is 102 Å². The van der Waals surface area contributed by atoms with Crippen LogP contribution in [-0.2, 0) is 9.13 Å². The summed E-state index contributed by atoms with van der Waals surface area (Å²) in [5, 5.41) is 15.0. The van der Waals surface area contributed by atoms with Gasteiger partial charge < -0.3 is 18.7 Å². The molecule has 67 heavy (non-hydrogen) atoms. The zero-order chi connectivity index (χ0) is 47.6. The van der Waals surface area contributed by atoms with Crippen molar-refractivity contribution in [3.8, 4) is 16.9 Å². The molecule has 12 heteroatoms. The number of carbonyl (C=O) groups is 1. The van der Waals surface area contributed by atoms with Crippen molar-refractivity contribution < 1.29 is 86.0 Å². The van der Waals surface area contributed by atoms with Crippen molar-refractivity contribution in [2.45, 2.75) is 33.9 Å². The van der Waals surface area contributed by atoms with E-state index in [1.807, 2.05) is 198 Å². The third kappa shape index (κ3) is 11.6. The Kier molecular flexibility index (Phi) is 18.0. The van der Waals surface area contributed by atoms with E-state index < -0.39 is 43.2 Å². The number of ketones is 1. The minimum absolute atomic E-state index is 0. The van der Waals surface area contributed by atoms with Gasteiger partial charge in [0.05, 0.1) is 5.39 Å². The molecule has 1 aromatic heterocycles. The molecule has 0 aliphatic rings. The molecule has 8 rings (SSSR count). The quantitative estimate of drug-likeness (QED) is 0.0669. The van der Waals surface area contributed by atoms with E-state index in [0.717, 1.165) is 54.1 Å². The van der Waals surface area contributed by atoms with E-state index in [4.69, 9.17) is 4.42 Å². The largest absolute Gasteiger partial charge is 0.506 e. The second-order valence-corrected chi connectivity index (χ2v) is 20.8. The number of allylic oxidation sites excluding steroid dienone is 3. The van der Waals surface area contributed by atoms with Crippen LogP contribution < -0.4 is 32.1 Å². The number of benzene rings is 7. The summed E-state index contributed by atoms with van der Waals surface area (Å²) in [6.45, 7) is 11.5. The Bertz CT molecular complexity index is 3010. The number of hydrogen-bond acceptors (Lipinski definition) is 6. The Hall–Kier alpha value is -5.47. The molecule has 1 radical (unpaired) electrons. The molecule has 0 spiro atoms. The van der Waals surface area contributed by atoms with Gasteiger partial charge in [0.25, 0.3) is 5.78 Å². The second kappa shape index (κ2) is 23.0. The van der Waals surface area contributed by atoms with Crippen molar-refractivity contribution in [1.82, 2.24) is 0 Å². The zero-order valence-corrected chi connectivity index (χ0v) is 41.3. The fraction of sp³-hybridized carbons (Fsp3) is 0.0909. The van der Waals surface area contributed by atoms with E-state index in [0.29, 0.717) is 5.56 Å². The third-order valence-electron chi connectivity index (χ3n) is 10.8. The molecule has 0 amide bonds. The van der Waals surface area contributed by atoms with E-state index in [2.05, 4.69) is 6.58 Å². The number of aromatic hydroxyl groups is 1. The van der Waals surface area contributed by atoms with E-state index in [1.54, 1.807) is 12.1 Å². The smallest absolute Gasteiger partial charge is 0.455 e. The first-order valence-electron chi connectivity index (χ1n) is 20.8. The van der Waals surface area contributed by atoms with Crippen molar-refractivity contribution in [2.24, 2.45) is 0 Å². The minimum Gasteiger partial charge on any atom is -0.506 e. The summed E-state index contributed by atoms with van der Waals surface area (Å²) >= 11 is 0. The Morgan fingerprint density at radius 3 is 1.37 bits per heavy atom. The summed E-state index contributed by atoms with van der Waals surface area (Å²) in [6, 6.07) is 56.7. The Morgan fingerprint density at radius 1 is 0.627 bits per heavy atom. The van der Waals surface area contributed by atoms with Crippen molar-refractivity contribution in [3.63, 3.8) is 0 Å². The average molecular weight is 1070 g/mol. The first-order valence-corrected chi connectivity index (χ1v) is 24.2. The van der Waals surface area contributed by atoms with E-state index in [1.165, 1.54) is 12.1 Å². The van der Waals surface area contributed by atoms with Crippen molar-refractivity contribution in [3.05, 3.63) is 239 Å². The second-order valence-electron chi connectivity index (χ2n) is 15.2. The molecule has 8 aromatic rings. The fourth-order valence-corrected chi connectivity index (χ4v) is 13.2. The molecule has 0 bridgehead atoms.